The first kappa shape index (κ1) is 73.9. The number of hydrogen-bond donors (Lipinski definition) is 2. The maximum atomic E-state index is 14.0. The van der Waals surface area contributed by atoms with Gasteiger partial charge in [0, 0.05) is 44.5 Å². The summed E-state index contributed by atoms with van der Waals surface area (Å²) in [7, 11) is -11.2. The predicted octanol–water partition coefficient (Wildman–Crippen LogP) is 25.9. The third kappa shape index (κ3) is 14.2. The van der Waals surface area contributed by atoms with Crippen molar-refractivity contribution in [2.75, 3.05) is 0 Å². The fourth-order valence-corrected chi connectivity index (χ4v) is 14.2. The van der Waals surface area contributed by atoms with Crippen molar-refractivity contribution < 1.29 is 142 Å². The van der Waals surface area contributed by atoms with Gasteiger partial charge in [-0.15, -0.1) is 0 Å². The molecular weight excluding hydrogens is 1510 g/mol. The molecule has 0 aliphatic carbocycles. The van der Waals surface area contributed by atoms with E-state index in [-0.39, 0.29) is 89.6 Å². The van der Waals surface area contributed by atoms with Crippen LogP contribution >= 0.6 is 15.6 Å². The topological polar surface area (TPSA) is 112 Å². The number of rotatable bonds is 4. The van der Waals surface area contributed by atoms with E-state index in [1.807, 2.05) is 0 Å². The van der Waals surface area contributed by atoms with Crippen molar-refractivity contribution in [3.63, 3.8) is 0 Å². The van der Waals surface area contributed by atoms with Gasteiger partial charge in [-0.25, -0.2) is 9.13 Å². The highest BCUT2D eigenvalue weighted by atomic mass is 31.2. The van der Waals surface area contributed by atoms with Crippen LogP contribution in [0.4, 0.5) is 105 Å². The Balaban J connectivity index is 0.000000188. The first-order chi connectivity index (χ1) is 49.0. The van der Waals surface area contributed by atoms with Crippen molar-refractivity contribution in [2.24, 2.45) is 0 Å². The largest absolute Gasteiger partial charge is 0.584 e. The Labute approximate surface area is 577 Å². The van der Waals surface area contributed by atoms with Gasteiger partial charge in [-0.3, -0.25) is 9.79 Å². The lowest BCUT2D eigenvalue weighted by Crippen LogP contribution is -2.11. The second-order valence-corrected chi connectivity index (χ2v) is 26.5. The first-order valence-electron chi connectivity index (χ1n) is 29.9. The molecule has 0 saturated heterocycles. The average Bonchev–Trinajstić information content (AvgIpc) is 1.48. The molecule has 0 atom stereocenters. The third-order valence-electron chi connectivity index (χ3n) is 16.9. The van der Waals surface area contributed by atoms with E-state index >= 15 is 0 Å². The molecule has 0 amide bonds. The fraction of sp³-hybridized carbons (Fsp3) is 0.111. The molecule has 2 heterocycles. The minimum Gasteiger partial charge on any atom is -0.394 e. The van der Waals surface area contributed by atoms with E-state index < -0.39 is 177 Å². The molecule has 2 aliphatic rings. The Morgan fingerprint density at radius 3 is 0.528 bits per heavy atom. The Kier molecular flexibility index (Phi) is 17.5. The van der Waals surface area contributed by atoms with Gasteiger partial charge in [0.05, 0.1) is 44.5 Å². The van der Waals surface area contributed by atoms with Crippen LogP contribution in [0.2, 0.25) is 0 Å². The van der Waals surface area contributed by atoms with E-state index in [0.29, 0.717) is 48.5 Å². The van der Waals surface area contributed by atoms with E-state index in [4.69, 9.17) is 18.1 Å². The SMILES string of the molecule is O=P1(O)Oc2c(-c3cc(C(F)(F)F)cc(C(F)(F)F)c3)cc3ccccc3c2-c2c(c(-c3cc(C(F)(F)F)cc(C(F)(F)F)c3)cc3ccccc23)O1.O=P1(O)Oc2c(-c3cc(C(F)(F)F)cc(C(F)(F)F)c3)cc3ccccc3c2-c2c(c(-c3cc(C(F)(F)F)cc(C(F)(F)F)c3)cc3ccccc23)O1. The van der Waals surface area contributed by atoms with Crippen molar-refractivity contribution in [1.29, 1.82) is 0 Å². The molecule has 0 spiro atoms. The zero-order valence-electron chi connectivity index (χ0n) is 51.8. The standard InChI is InChI=1S/2C36H17F12O4P/c2*37-33(38,39)21-9-19(10-22(15-21)34(40,41)42)27-13-17-5-1-3-7-25(17)29-30-26-8-4-2-6-18(26)14-28(32(30)52-53(49,50)51-31(27)29)20-11-23(35(43,44)45)16-24(12-20)36(46,47)48/h2*1-16H,(H,49,50). The summed E-state index contributed by atoms with van der Waals surface area (Å²) in [6.07, 6.45) is -42.3. The molecular formula is C72H34F24O8P2. The number of benzene rings is 12. The number of hydrogen-bond acceptors (Lipinski definition) is 6. The van der Waals surface area contributed by atoms with Crippen LogP contribution in [0.1, 0.15) is 44.5 Å². The van der Waals surface area contributed by atoms with E-state index in [1.165, 1.54) is 97.1 Å². The number of phosphoric ester groups is 2. The van der Waals surface area contributed by atoms with E-state index in [9.17, 15) is 124 Å². The van der Waals surface area contributed by atoms with Gasteiger partial charge in [0.1, 0.15) is 23.0 Å². The summed E-state index contributed by atoms with van der Waals surface area (Å²) in [6, 6.07) is 30.0. The molecule has 2 aliphatic heterocycles. The van der Waals surface area contributed by atoms with Gasteiger partial charge < -0.3 is 18.1 Å². The molecule has 0 aromatic heterocycles. The van der Waals surface area contributed by atoms with Gasteiger partial charge in [-0.2, -0.15) is 105 Å². The van der Waals surface area contributed by atoms with Crippen LogP contribution in [0.3, 0.4) is 0 Å². The minimum atomic E-state index is -5.61. The van der Waals surface area contributed by atoms with Crippen molar-refractivity contribution >= 4 is 58.7 Å². The Morgan fingerprint density at radius 1 is 0.226 bits per heavy atom. The maximum Gasteiger partial charge on any atom is 0.584 e. The zero-order chi connectivity index (χ0) is 76.9. The number of phosphoric acid groups is 2. The Hall–Kier alpha value is -10.4. The molecule has 0 fully saturated rings. The molecule has 0 radical (unpaired) electrons. The van der Waals surface area contributed by atoms with Crippen LogP contribution < -0.4 is 18.1 Å². The molecule has 14 rings (SSSR count). The zero-order valence-corrected chi connectivity index (χ0v) is 53.6. The van der Waals surface area contributed by atoms with Crippen molar-refractivity contribution in [3.8, 4) is 89.8 Å². The summed E-state index contributed by atoms with van der Waals surface area (Å²) >= 11 is 0. The van der Waals surface area contributed by atoms with Gasteiger partial charge in [0.15, 0.2) is 0 Å². The van der Waals surface area contributed by atoms with E-state index in [2.05, 4.69) is 0 Å². The Bertz CT molecular complexity index is 4910. The fourth-order valence-electron chi connectivity index (χ4n) is 12.5. The normalized spacial score (nSPS) is 14.7. The lowest BCUT2D eigenvalue weighted by Gasteiger charge is -2.20. The number of alkyl halides is 24. The van der Waals surface area contributed by atoms with Crippen LogP contribution in [-0.4, -0.2) is 9.79 Å². The molecule has 12 aromatic carbocycles. The van der Waals surface area contributed by atoms with Crippen molar-refractivity contribution in [2.45, 2.75) is 49.4 Å². The lowest BCUT2D eigenvalue weighted by molar-refractivity contribution is -0.144. The van der Waals surface area contributed by atoms with E-state index in [0.717, 1.165) is 24.3 Å². The highest BCUT2D eigenvalue weighted by Crippen LogP contribution is 2.65. The molecule has 2 N–H and O–H groups in total. The number of halogens is 24. The molecule has 34 heteroatoms. The second-order valence-electron chi connectivity index (χ2n) is 23.9. The molecule has 12 aromatic rings. The minimum absolute atomic E-state index is 0.114. The van der Waals surface area contributed by atoms with Gasteiger partial charge in [-0.1, -0.05) is 97.1 Å². The van der Waals surface area contributed by atoms with Gasteiger partial charge in [0.2, 0.25) is 0 Å². The van der Waals surface area contributed by atoms with Gasteiger partial charge >= 0.3 is 65.1 Å². The summed E-state index contributed by atoms with van der Waals surface area (Å²) in [5, 5.41) is 1.03. The molecule has 0 bridgehead atoms. The smallest absolute Gasteiger partial charge is 0.394 e. The van der Waals surface area contributed by atoms with Crippen LogP contribution in [0.25, 0.3) is 110 Å². The summed E-state index contributed by atoms with van der Waals surface area (Å²) in [5.74, 6) is -2.99. The van der Waals surface area contributed by atoms with Gasteiger partial charge in [-0.05, 0) is 162 Å². The second kappa shape index (κ2) is 25.1. The number of fused-ring (bicyclic) bond motifs is 14. The molecule has 0 unspecified atom stereocenters. The average molecular weight is 1540 g/mol. The first-order valence-corrected chi connectivity index (χ1v) is 32.9. The quantitative estimate of drug-likeness (QED) is 0.132. The van der Waals surface area contributed by atoms with Crippen LogP contribution in [0.5, 0.6) is 23.0 Å². The summed E-state index contributed by atoms with van der Waals surface area (Å²) in [6.45, 7) is 0. The summed E-state index contributed by atoms with van der Waals surface area (Å²) < 4.78 is 384. The maximum absolute atomic E-state index is 14.0. The molecule has 548 valence electrons. The van der Waals surface area contributed by atoms with Gasteiger partial charge in [0.25, 0.3) is 0 Å². The monoisotopic (exact) mass is 1540 g/mol. The molecule has 8 nitrogen and oxygen atoms in total. The predicted molar refractivity (Wildman–Crippen MR) is 338 cm³/mol. The van der Waals surface area contributed by atoms with Crippen LogP contribution in [0.15, 0.2) is 194 Å². The van der Waals surface area contributed by atoms with Crippen molar-refractivity contribution in [1.82, 2.24) is 0 Å². The highest BCUT2D eigenvalue weighted by molar-refractivity contribution is 7.48. The summed E-state index contributed by atoms with van der Waals surface area (Å²) in [4.78, 5) is 22.1. The lowest BCUT2D eigenvalue weighted by atomic mass is 9.85. The van der Waals surface area contributed by atoms with Crippen LogP contribution in [-0.2, 0) is 58.5 Å². The Morgan fingerprint density at radius 2 is 0.377 bits per heavy atom. The highest BCUT2D eigenvalue weighted by Gasteiger charge is 2.46. The molecule has 0 saturated carbocycles. The van der Waals surface area contributed by atoms with Crippen LogP contribution in [0, 0.1) is 0 Å². The van der Waals surface area contributed by atoms with Crippen molar-refractivity contribution in [3.05, 3.63) is 239 Å². The summed E-state index contributed by atoms with van der Waals surface area (Å²) in [5.41, 5.74) is -20.0. The van der Waals surface area contributed by atoms with E-state index in [1.54, 1.807) is 0 Å². The third-order valence-corrected chi connectivity index (χ3v) is 18.6. The molecule has 106 heavy (non-hydrogen) atoms.